The zero-order valence-electron chi connectivity index (χ0n) is 18.2. The van der Waals surface area contributed by atoms with Gasteiger partial charge in [0.25, 0.3) is 0 Å². The summed E-state index contributed by atoms with van der Waals surface area (Å²) in [6.07, 6.45) is 8.12. The molecule has 0 saturated carbocycles. The van der Waals surface area contributed by atoms with E-state index in [0.29, 0.717) is 24.0 Å². The highest BCUT2D eigenvalue weighted by molar-refractivity contribution is 6.58. The van der Waals surface area contributed by atoms with E-state index in [4.69, 9.17) is 0 Å². The van der Waals surface area contributed by atoms with E-state index in [-0.39, 0.29) is 24.8 Å². The van der Waals surface area contributed by atoms with Crippen LogP contribution in [0.15, 0.2) is 97.6 Å². The highest BCUT2D eigenvalue weighted by atomic mass is 35.5. The molecule has 2 aromatic carbocycles. The Morgan fingerprint density at radius 3 is 1.03 bits per heavy atom. The van der Waals surface area contributed by atoms with E-state index >= 15 is 0 Å². The molecule has 2 heterocycles. The molecule has 4 N–H and O–H groups in total. The van der Waals surface area contributed by atoms with E-state index in [9.17, 15) is 20.1 Å². The van der Waals surface area contributed by atoms with Crippen molar-refractivity contribution < 1.29 is 54.0 Å². The van der Waals surface area contributed by atoms with Crippen LogP contribution in [0.4, 0.5) is 0 Å². The molecule has 4 aromatic rings. The average molecular weight is 497 g/mol. The average Bonchev–Trinajstić information content (AvgIpc) is 2.81. The summed E-state index contributed by atoms with van der Waals surface area (Å²) in [6, 6.07) is 22.8. The van der Waals surface area contributed by atoms with Crippen LogP contribution in [0.5, 0.6) is 0 Å². The second kappa shape index (κ2) is 12.7. The van der Waals surface area contributed by atoms with Gasteiger partial charge in [-0.2, -0.15) is 0 Å². The maximum atomic E-state index is 9.19. The number of nitrogens with zero attached hydrogens (tertiary/aromatic N) is 2. The molecular formula is C24H24B2Cl2N2O4. The van der Waals surface area contributed by atoms with Crippen molar-refractivity contribution in [3.8, 4) is 11.1 Å². The number of benzene rings is 2. The highest BCUT2D eigenvalue weighted by Crippen LogP contribution is 2.16. The Morgan fingerprint density at radius 1 is 0.471 bits per heavy atom. The Balaban J connectivity index is 0.00000204. The van der Waals surface area contributed by atoms with Crippen LogP contribution < -0.4 is 44.9 Å². The third-order valence-electron chi connectivity index (χ3n) is 5.40. The van der Waals surface area contributed by atoms with Gasteiger partial charge in [0.1, 0.15) is 0 Å². The summed E-state index contributed by atoms with van der Waals surface area (Å²) in [6.45, 7) is 1.39. The monoisotopic (exact) mass is 496 g/mol. The van der Waals surface area contributed by atoms with Crippen LogP contribution >= 0.6 is 0 Å². The van der Waals surface area contributed by atoms with Crippen LogP contribution in [0.25, 0.3) is 11.1 Å². The maximum absolute atomic E-state index is 9.19. The normalized spacial score (nSPS) is 10.1. The van der Waals surface area contributed by atoms with E-state index in [1.54, 1.807) is 24.3 Å². The zero-order valence-corrected chi connectivity index (χ0v) is 19.8. The van der Waals surface area contributed by atoms with Crippen molar-refractivity contribution in [2.45, 2.75) is 13.1 Å². The fourth-order valence-electron chi connectivity index (χ4n) is 3.52. The highest BCUT2D eigenvalue weighted by Gasteiger charge is 2.12. The Labute approximate surface area is 211 Å². The van der Waals surface area contributed by atoms with Crippen LogP contribution in [-0.2, 0) is 13.1 Å². The van der Waals surface area contributed by atoms with Crippen molar-refractivity contribution in [2.24, 2.45) is 0 Å². The van der Waals surface area contributed by atoms with Crippen molar-refractivity contribution >= 4 is 25.2 Å². The van der Waals surface area contributed by atoms with Gasteiger partial charge in [0.05, 0.1) is 0 Å². The molecule has 0 spiro atoms. The lowest BCUT2D eigenvalue weighted by Gasteiger charge is -2.04. The summed E-state index contributed by atoms with van der Waals surface area (Å²) in [5.41, 5.74) is 5.36. The second-order valence-electron chi connectivity index (χ2n) is 7.75. The lowest BCUT2D eigenvalue weighted by Crippen LogP contribution is -3.00. The number of rotatable bonds is 7. The van der Waals surface area contributed by atoms with Gasteiger partial charge >= 0.3 is 14.2 Å². The molecule has 0 aliphatic rings. The molecule has 0 radical (unpaired) electrons. The summed E-state index contributed by atoms with van der Waals surface area (Å²) < 4.78 is 4.15. The first-order chi connectivity index (χ1) is 15.5. The smallest absolute Gasteiger partial charge is 0.488 e. The molecule has 2 aromatic heterocycles. The van der Waals surface area contributed by atoms with E-state index in [1.165, 1.54) is 0 Å². The van der Waals surface area contributed by atoms with E-state index in [0.717, 1.165) is 22.3 Å². The molecular weight excluding hydrogens is 473 g/mol. The van der Waals surface area contributed by atoms with Gasteiger partial charge in [-0.25, -0.2) is 9.13 Å². The predicted molar refractivity (Wildman–Crippen MR) is 123 cm³/mol. The van der Waals surface area contributed by atoms with Crippen LogP contribution in [0.3, 0.4) is 0 Å². The van der Waals surface area contributed by atoms with Crippen LogP contribution in [0.1, 0.15) is 11.1 Å². The first kappa shape index (κ1) is 27.5. The van der Waals surface area contributed by atoms with Crippen molar-refractivity contribution in [1.82, 2.24) is 0 Å². The van der Waals surface area contributed by atoms with Crippen molar-refractivity contribution in [3.63, 3.8) is 0 Å². The molecule has 0 saturated heterocycles. The molecule has 174 valence electrons. The largest absolute Gasteiger partial charge is 1.00 e. The van der Waals surface area contributed by atoms with Gasteiger partial charge in [0, 0.05) is 35.4 Å². The Kier molecular flexibility index (Phi) is 10.3. The van der Waals surface area contributed by atoms with Crippen molar-refractivity contribution in [1.29, 1.82) is 0 Å². The van der Waals surface area contributed by atoms with E-state index < -0.39 is 14.2 Å². The molecule has 34 heavy (non-hydrogen) atoms. The number of pyridine rings is 2. The van der Waals surface area contributed by atoms with E-state index in [2.05, 4.69) is 33.4 Å². The maximum Gasteiger partial charge on any atom is 0.488 e. The molecule has 6 nitrogen and oxygen atoms in total. The lowest BCUT2D eigenvalue weighted by atomic mass is 9.80. The predicted octanol–water partition coefficient (Wildman–Crippen LogP) is -6.61. The molecule has 0 amide bonds. The summed E-state index contributed by atoms with van der Waals surface area (Å²) in [5.74, 6) is 0. The number of hydrogen-bond acceptors (Lipinski definition) is 4. The first-order valence-corrected chi connectivity index (χ1v) is 10.4. The fraction of sp³-hybridized carbons (Fsp3) is 0.0833. The van der Waals surface area contributed by atoms with Crippen LogP contribution in [0.2, 0.25) is 0 Å². The van der Waals surface area contributed by atoms with Gasteiger partial charge in [0.15, 0.2) is 37.9 Å². The SMILES string of the molecule is OB(O)c1ccc(C[n+]2ccc(-c3cc[n+](Cc4ccc(B(O)O)cc4)cc3)cc2)cc1.[Cl-].[Cl-]. The molecule has 4 rings (SSSR count). The molecule has 0 unspecified atom stereocenters. The minimum Gasteiger partial charge on any atom is -1.00 e. The van der Waals surface area contributed by atoms with E-state index in [1.807, 2.05) is 49.1 Å². The summed E-state index contributed by atoms with van der Waals surface area (Å²) in [7, 11) is -2.89. The summed E-state index contributed by atoms with van der Waals surface area (Å²) >= 11 is 0. The zero-order chi connectivity index (χ0) is 22.5. The Hall–Kier alpha value is -2.71. The Bertz CT molecular complexity index is 1060. The van der Waals surface area contributed by atoms with Gasteiger partial charge in [-0.15, -0.1) is 0 Å². The second-order valence-corrected chi connectivity index (χ2v) is 7.75. The molecule has 10 heteroatoms. The van der Waals surface area contributed by atoms with Crippen molar-refractivity contribution in [3.05, 3.63) is 109 Å². The fourth-order valence-corrected chi connectivity index (χ4v) is 3.52. The molecule has 0 aliphatic heterocycles. The number of halogens is 2. The topological polar surface area (TPSA) is 88.7 Å². The van der Waals surface area contributed by atoms with Gasteiger partial charge in [-0.05, 0) is 22.1 Å². The third kappa shape index (κ3) is 7.14. The molecule has 0 fully saturated rings. The van der Waals surface area contributed by atoms with Gasteiger partial charge in [0.2, 0.25) is 0 Å². The summed E-state index contributed by atoms with van der Waals surface area (Å²) in [4.78, 5) is 0. The number of aromatic nitrogens is 2. The molecule has 0 bridgehead atoms. The number of hydrogen-bond donors (Lipinski definition) is 4. The van der Waals surface area contributed by atoms with Gasteiger partial charge in [-0.3, -0.25) is 0 Å². The summed E-state index contributed by atoms with van der Waals surface area (Å²) in [5, 5.41) is 36.8. The quantitative estimate of drug-likeness (QED) is 0.151. The molecule has 0 atom stereocenters. The minimum absolute atomic E-state index is 0. The first-order valence-electron chi connectivity index (χ1n) is 10.4. The van der Waals surface area contributed by atoms with Crippen LogP contribution in [-0.4, -0.2) is 34.3 Å². The Morgan fingerprint density at radius 2 is 0.765 bits per heavy atom. The third-order valence-corrected chi connectivity index (χ3v) is 5.40. The van der Waals surface area contributed by atoms with Crippen LogP contribution in [0, 0.1) is 0 Å². The minimum atomic E-state index is -1.44. The standard InChI is InChI=1S/C24H24B2N2O4.2ClH/c29-25(30)23-5-1-19(2-6-23)17-27-13-9-21(10-14-27)22-11-15-28(16-12-22)18-20-3-7-24(8-4-20)26(31)32;;/h1-16,29-32H,17-18H2;2*1H/q+2;;/p-2. The van der Waals surface area contributed by atoms with Gasteiger partial charge in [-0.1, -0.05) is 48.5 Å². The van der Waals surface area contributed by atoms with Crippen molar-refractivity contribution in [2.75, 3.05) is 0 Å². The molecule has 0 aliphatic carbocycles. The lowest BCUT2D eigenvalue weighted by molar-refractivity contribution is -0.688. The van der Waals surface area contributed by atoms with Gasteiger partial charge < -0.3 is 44.9 Å².